The van der Waals surface area contributed by atoms with Crippen LogP contribution < -0.4 is 5.32 Å². The van der Waals surface area contributed by atoms with Gasteiger partial charge in [-0.3, -0.25) is 9.20 Å². The van der Waals surface area contributed by atoms with Crippen molar-refractivity contribution in [2.45, 2.75) is 32.7 Å². The highest BCUT2D eigenvalue weighted by molar-refractivity contribution is 5.97. The first-order chi connectivity index (χ1) is 16.7. The van der Waals surface area contributed by atoms with Crippen molar-refractivity contribution in [2.75, 3.05) is 5.32 Å². The number of hydrogen-bond acceptors (Lipinski definition) is 4. The van der Waals surface area contributed by atoms with Crippen LogP contribution in [0, 0.1) is 12.8 Å². The van der Waals surface area contributed by atoms with E-state index in [1.165, 1.54) is 24.0 Å². The summed E-state index contributed by atoms with van der Waals surface area (Å²) in [6.45, 7) is 2.77. The number of Topliss-reactive ketones (excluding diaryl/α,β-unsaturated/α-hetero) is 1. The Morgan fingerprint density at radius 2 is 1.85 bits per heavy atom. The van der Waals surface area contributed by atoms with Crippen molar-refractivity contribution < 1.29 is 4.79 Å². The van der Waals surface area contributed by atoms with E-state index < -0.39 is 0 Å². The molecular weight excluding hydrogens is 420 g/mol. The van der Waals surface area contributed by atoms with E-state index in [4.69, 9.17) is 9.97 Å². The Morgan fingerprint density at radius 3 is 2.65 bits per heavy atom. The highest BCUT2D eigenvalue weighted by Gasteiger charge is 2.25. The molecule has 1 aliphatic carbocycles. The summed E-state index contributed by atoms with van der Waals surface area (Å²) in [5, 5.41) is 3.50. The van der Waals surface area contributed by atoms with E-state index in [1.54, 1.807) is 0 Å². The molecule has 5 heteroatoms. The Labute approximate surface area is 198 Å². The molecule has 2 heterocycles. The van der Waals surface area contributed by atoms with E-state index in [2.05, 4.69) is 47.0 Å². The van der Waals surface area contributed by atoms with E-state index in [0.29, 0.717) is 18.9 Å². The first kappa shape index (κ1) is 20.6. The Hall–Kier alpha value is -3.99. The fourth-order valence-corrected chi connectivity index (χ4v) is 4.54. The van der Waals surface area contributed by atoms with Crippen LogP contribution in [0.1, 0.15) is 40.7 Å². The van der Waals surface area contributed by atoms with Crippen LogP contribution in [0.2, 0.25) is 0 Å². The molecule has 0 radical (unpaired) electrons. The molecule has 0 saturated heterocycles. The van der Waals surface area contributed by atoms with Crippen LogP contribution >= 0.6 is 0 Å². The van der Waals surface area contributed by atoms with Crippen LogP contribution in [-0.4, -0.2) is 20.2 Å². The van der Waals surface area contributed by atoms with Gasteiger partial charge in [0, 0.05) is 24.1 Å². The molecule has 168 valence electrons. The van der Waals surface area contributed by atoms with Crippen molar-refractivity contribution in [2.24, 2.45) is 5.92 Å². The molecule has 0 spiro atoms. The lowest BCUT2D eigenvalue weighted by molar-refractivity contribution is 0.0976. The van der Waals surface area contributed by atoms with Gasteiger partial charge < -0.3 is 5.32 Å². The van der Waals surface area contributed by atoms with E-state index in [-0.39, 0.29) is 5.78 Å². The number of imidazole rings is 1. The highest BCUT2D eigenvalue weighted by Crippen LogP contribution is 2.34. The van der Waals surface area contributed by atoms with Gasteiger partial charge in [0.1, 0.15) is 0 Å². The maximum Gasteiger partial charge on any atom is 0.181 e. The second kappa shape index (κ2) is 8.41. The molecule has 0 bridgehead atoms. The first-order valence-corrected chi connectivity index (χ1v) is 11.8. The maximum absolute atomic E-state index is 12.5. The largest absolute Gasteiger partial charge is 0.363 e. The highest BCUT2D eigenvalue weighted by atomic mass is 16.1. The molecule has 3 aromatic carbocycles. The zero-order chi connectivity index (χ0) is 23.1. The summed E-state index contributed by atoms with van der Waals surface area (Å²) in [6.07, 6.45) is 4.93. The van der Waals surface area contributed by atoms with E-state index in [1.807, 2.05) is 48.7 Å². The molecule has 0 atom stereocenters. The second-order valence-electron chi connectivity index (χ2n) is 9.24. The normalized spacial score (nSPS) is 13.4. The Balaban J connectivity index is 1.39. The molecule has 1 N–H and O–H groups in total. The third-order valence-electron chi connectivity index (χ3n) is 6.54. The fraction of sp³-hybridized carbons (Fsp3) is 0.207. The number of fused-ring (bicyclic) bond motifs is 3. The smallest absolute Gasteiger partial charge is 0.181 e. The molecule has 2 aromatic heterocycles. The van der Waals surface area contributed by atoms with Crippen LogP contribution in [0.25, 0.3) is 27.9 Å². The van der Waals surface area contributed by atoms with Gasteiger partial charge >= 0.3 is 0 Å². The van der Waals surface area contributed by atoms with E-state index >= 15 is 0 Å². The third kappa shape index (κ3) is 3.94. The number of benzene rings is 3. The van der Waals surface area contributed by atoms with Gasteiger partial charge in [0.15, 0.2) is 17.2 Å². The second-order valence-corrected chi connectivity index (χ2v) is 9.24. The van der Waals surface area contributed by atoms with Gasteiger partial charge in [0.2, 0.25) is 0 Å². The molecule has 5 nitrogen and oxygen atoms in total. The molecular formula is C29H26N4O. The quantitative estimate of drug-likeness (QED) is 0.292. The van der Waals surface area contributed by atoms with E-state index in [9.17, 15) is 4.79 Å². The van der Waals surface area contributed by atoms with Gasteiger partial charge in [0.25, 0.3) is 0 Å². The summed E-state index contributed by atoms with van der Waals surface area (Å²) in [4.78, 5) is 22.1. The van der Waals surface area contributed by atoms with Gasteiger partial charge in [-0.1, -0.05) is 66.2 Å². The molecule has 1 fully saturated rings. The summed E-state index contributed by atoms with van der Waals surface area (Å²) >= 11 is 0. The minimum Gasteiger partial charge on any atom is -0.363 e. The lowest BCUT2D eigenvalue weighted by Crippen LogP contribution is -2.05. The van der Waals surface area contributed by atoms with Gasteiger partial charge in [-0.2, -0.15) is 0 Å². The molecule has 0 amide bonds. The number of hydrogen-bond donors (Lipinski definition) is 1. The fourth-order valence-electron chi connectivity index (χ4n) is 4.54. The number of aryl methyl sites for hydroxylation is 1. The topological polar surface area (TPSA) is 59.3 Å². The molecule has 1 aliphatic rings. The summed E-state index contributed by atoms with van der Waals surface area (Å²) in [6, 6.07) is 24.5. The van der Waals surface area contributed by atoms with Gasteiger partial charge in [0.05, 0.1) is 22.9 Å². The molecule has 6 rings (SSSR count). The summed E-state index contributed by atoms with van der Waals surface area (Å²) < 4.78 is 2.15. The van der Waals surface area contributed by atoms with E-state index in [0.717, 1.165) is 39.3 Å². The third-order valence-corrected chi connectivity index (χ3v) is 6.54. The molecule has 1 saturated carbocycles. The molecule has 0 unspecified atom stereocenters. The average Bonchev–Trinajstić information content (AvgIpc) is 3.56. The van der Waals surface area contributed by atoms with Crippen molar-refractivity contribution in [3.63, 3.8) is 0 Å². The number of para-hydroxylation sites is 2. The predicted molar refractivity (Wildman–Crippen MR) is 136 cm³/mol. The standard InChI is InChI=1S/C29H26N4O/c1-19-5-4-6-21(15-19)17-30-28-29-31-18-26(33(29)25-8-3-2-7-24(25)32-28)22-11-13-23(14-12-22)27(34)16-20-9-10-20/h2-8,11-15,18,20H,9-10,16-17H2,1H3,(H,30,32). The monoisotopic (exact) mass is 446 g/mol. The zero-order valence-corrected chi connectivity index (χ0v) is 19.2. The lowest BCUT2D eigenvalue weighted by Gasteiger charge is -2.12. The van der Waals surface area contributed by atoms with Crippen LogP contribution in [0.15, 0.2) is 79.0 Å². The van der Waals surface area contributed by atoms with Crippen molar-refractivity contribution in [3.05, 3.63) is 95.7 Å². The van der Waals surface area contributed by atoms with Crippen molar-refractivity contribution in [1.29, 1.82) is 0 Å². The number of carbonyl (C=O) groups excluding carboxylic acids is 1. The van der Waals surface area contributed by atoms with Gasteiger partial charge in [-0.05, 0) is 43.4 Å². The Bertz CT molecular complexity index is 1510. The Morgan fingerprint density at radius 1 is 1.03 bits per heavy atom. The Kier molecular flexibility index (Phi) is 5.10. The minimum atomic E-state index is 0.240. The molecule has 5 aromatic rings. The number of carbonyl (C=O) groups is 1. The number of aromatic nitrogens is 3. The van der Waals surface area contributed by atoms with Crippen molar-refractivity contribution in [1.82, 2.24) is 14.4 Å². The average molecular weight is 447 g/mol. The summed E-state index contributed by atoms with van der Waals surface area (Å²) in [5.74, 6) is 1.59. The van der Waals surface area contributed by atoms with Crippen LogP contribution in [0.3, 0.4) is 0 Å². The number of anilines is 1. The van der Waals surface area contributed by atoms with Crippen LogP contribution in [0.5, 0.6) is 0 Å². The zero-order valence-electron chi connectivity index (χ0n) is 19.2. The maximum atomic E-state index is 12.5. The summed E-state index contributed by atoms with van der Waals surface area (Å²) in [5.41, 5.74) is 7.92. The number of nitrogens with zero attached hydrogens (tertiary/aromatic N) is 3. The number of ketones is 1. The van der Waals surface area contributed by atoms with Crippen LogP contribution in [0.4, 0.5) is 5.82 Å². The predicted octanol–water partition coefficient (Wildman–Crippen LogP) is 6.45. The lowest BCUT2D eigenvalue weighted by atomic mass is 10.0. The van der Waals surface area contributed by atoms with Gasteiger partial charge in [-0.25, -0.2) is 9.97 Å². The minimum absolute atomic E-state index is 0.240. The number of nitrogens with one attached hydrogen (secondary N) is 1. The SMILES string of the molecule is Cc1cccc(CNc2nc3ccccc3n3c(-c4ccc(C(=O)CC5CC5)cc4)cnc23)c1. The number of rotatable bonds is 7. The first-order valence-electron chi connectivity index (χ1n) is 11.8. The molecule has 0 aliphatic heterocycles. The van der Waals surface area contributed by atoms with Crippen molar-refractivity contribution >= 4 is 28.3 Å². The van der Waals surface area contributed by atoms with Crippen LogP contribution in [-0.2, 0) is 6.54 Å². The van der Waals surface area contributed by atoms with Gasteiger partial charge in [-0.15, -0.1) is 0 Å². The molecule has 34 heavy (non-hydrogen) atoms. The summed E-state index contributed by atoms with van der Waals surface area (Å²) in [7, 11) is 0. The van der Waals surface area contributed by atoms with Crippen molar-refractivity contribution in [3.8, 4) is 11.3 Å².